The minimum absolute atomic E-state index is 0.00504. The summed E-state index contributed by atoms with van der Waals surface area (Å²) in [6, 6.07) is 0. The van der Waals surface area contributed by atoms with Crippen molar-refractivity contribution < 1.29 is 9.63 Å². The topological polar surface area (TPSA) is 29.5 Å². The lowest BCUT2D eigenvalue weighted by Gasteiger charge is -2.28. The van der Waals surface area contributed by atoms with Crippen molar-refractivity contribution in [3.63, 3.8) is 0 Å². The van der Waals surface area contributed by atoms with Gasteiger partial charge in [-0.2, -0.15) is 0 Å². The molecule has 13 heavy (non-hydrogen) atoms. The zero-order valence-corrected chi connectivity index (χ0v) is 8.16. The Balaban J connectivity index is 1.72. The molecular formula is C10H17NO2. The molecule has 74 valence electrons. The van der Waals surface area contributed by atoms with E-state index >= 15 is 0 Å². The van der Waals surface area contributed by atoms with Gasteiger partial charge in [-0.25, -0.2) is 0 Å². The molecule has 0 amide bonds. The molecule has 0 spiro atoms. The third kappa shape index (κ3) is 2.44. The third-order valence-corrected chi connectivity index (χ3v) is 2.87. The molecule has 0 aromatic rings. The fourth-order valence-corrected chi connectivity index (χ4v) is 1.60. The van der Waals surface area contributed by atoms with Gasteiger partial charge in [-0.1, -0.05) is 6.92 Å². The zero-order valence-electron chi connectivity index (χ0n) is 8.16. The normalized spacial score (nSPS) is 25.9. The summed E-state index contributed by atoms with van der Waals surface area (Å²) in [6.07, 6.45) is 4.36. The molecule has 3 nitrogen and oxygen atoms in total. The monoisotopic (exact) mass is 183 g/mol. The fourth-order valence-electron chi connectivity index (χ4n) is 1.60. The van der Waals surface area contributed by atoms with E-state index in [1.807, 2.05) is 5.06 Å². The second kappa shape index (κ2) is 3.66. The summed E-state index contributed by atoms with van der Waals surface area (Å²) >= 11 is 0. The average Bonchev–Trinajstić information content (AvgIpc) is 2.91. The lowest BCUT2D eigenvalue weighted by atomic mass is 10.0. The molecule has 0 atom stereocenters. The Bertz CT molecular complexity index is 193. The lowest BCUT2D eigenvalue weighted by Crippen LogP contribution is -2.35. The van der Waals surface area contributed by atoms with Gasteiger partial charge in [0.15, 0.2) is 0 Å². The van der Waals surface area contributed by atoms with Gasteiger partial charge in [0, 0.05) is 13.1 Å². The smallest absolute Gasteiger partial charge is 0.328 e. The Morgan fingerprint density at radius 3 is 2.38 bits per heavy atom. The Kier molecular flexibility index (Phi) is 2.54. The van der Waals surface area contributed by atoms with E-state index in [0.29, 0.717) is 0 Å². The summed E-state index contributed by atoms with van der Waals surface area (Å²) < 4.78 is 0. The van der Waals surface area contributed by atoms with Crippen LogP contribution in [0, 0.1) is 11.8 Å². The molecule has 1 saturated carbocycles. The molecule has 0 aromatic heterocycles. The van der Waals surface area contributed by atoms with E-state index in [-0.39, 0.29) is 11.9 Å². The average molecular weight is 183 g/mol. The van der Waals surface area contributed by atoms with Gasteiger partial charge in [0.25, 0.3) is 0 Å². The first-order valence-electron chi connectivity index (χ1n) is 5.22. The van der Waals surface area contributed by atoms with Gasteiger partial charge in [-0.3, -0.25) is 4.79 Å². The van der Waals surface area contributed by atoms with Gasteiger partial charge in [-0.15, -0.1) is 5.06 Å². The van der Waals surface area contributed by atoms with Crippen LogP contribution in [0.3, 0.4) is 0 Å². The molecule has 3 heteroatoms. The number of nitrogens with zero attached hydrogens (tertiary/aromatic N) is 1. The number of hydrogen-bond acceptors (Lipinski definition) is 3. The molecule has 1 saturated heterocycles. The van der Waals surface area contributed by atoms with E-state index < -0.39 is 0 Å². The van der Waals surface area contributed by atoms with Crippen LogP contribution in [-0.2, 0) is 9.63 Å². The molecule has 2 fully saturated rings. The Morgan fingerprint density at radius 2 is 1.85 bits per heavy atom. The van der Waals surface area contributed by atoms with Gasteiger partial charge < -0.3 is 4.84 Å². The van der Waals surface area contributed by atoms with Crippen molar-refractivity contribution >= 4 is 5.97 Å². The molecule has 0 N–H and O–H groups in total. The highest BCUT2D eigenvalue weighted by Crippen LogP contribution is 2.30. The summed E-state index contributed by atoms with van der Waals surface area (Å²) in [4.78, 5) is 16.5. The highest BCUT2D eigenvalue weighted by atomic mass is 16.7. The predicted octanol–water partition coefficient (Wildman–Crippen LogP) is 1.59. The SMILES string of the molecule is CC1CCN(OC(=O)C2CC2)CC1. The minimum atomic E-state index is -0.00504. The van der Waals surface area contributed by atoms with Gasteiger partial charge in [-0.05, 0) is 31.6 Å². The minimum Gasteiger partial charge on any atom is -0.368 e. The van der Waals surface area contributed by atoms with Crippen molar-refractivity contribution in [2.24, 2.45) is 11.8 Å². The molecule has 0 radical (unpaired) electrons. The lowest BCUT2D eigenvalue weighted by molar-refractivity contribution is -0.198. The van der Waals surface area contributed by atoms with E-state index in [1.54, 1.807) is 0 Å². The van der Waals surface area contributed by atoms with Gasteiger partial charge in [0.1, 0.15) is 0 Å². The third-order valence-electron chi connectivity index (χ3n) is 2.87. The van der Waals surface area contributed by atoms with E-state index in [1.165, 1.54) is 0 Å². The first kappa shape index (κ1) is 9.00. The van der Waals surface area contributed by atoms with E-state index in [4.69, 9.17) is 4.84 Å². The quantitative estimate of drug-likeness (QED) is 0.651. The van der Waals surface area contributed by atoms with Gasteiger partial charge >= 0.3 is 5.97 Å². The van der Waals surface area contributed by atoms with Gasteiger partial charge in [0.2, 0.25) is 0 Å². The van der Waals surface area contributed by atoms with Crippen LogP contribution in [0.1, 0.15) is 32.6 Å². The molecule has 0 aromatic carbocycles. The molecule has 2 rings (SSSR count). The highest BCUT2D eigenvalue weighted by molar-refractivity contribution is 5.74. The summed E-state index contributed by atoms with van der Waals surface area (Å²) in [7, 11) is 0. The van der Waals surface area contributed by atoms with Crippen LogP contribution in [0.5, 0.6) is 0 Å². The number of rotatable bonds is 2. The number of hydrogen-bond donors (Lipinski definition) is 0. The van der Waals surface area contributed by atoms with Crippen LogP contribution in [0.15, 0.2) is 0 Å². The molecule has 1 aliphatic heterocycles. The second-order valence-corrected chi connectivity index (χ2v) is 4.30. The van der Waals surface area contributed by atoms with E-state index in [0.717, 1.165) is 44.7 Å². The second-order valence-electron chi connectivity index (χ2n) is 4.30. The summed E-state index contributed by atoms with van der Waals surface area (Å²) in [5, 5.41) is 1.83. The van der Waals surface area contributed by atoms with Crippen LogP contribution in [0.2, 0.25) is 0 Å². The van der Waals surface area contributed by atoms with E-state index in [2.05, 4.69) is 6.92 Å². The Hall–Kier alpha value is -0.570. The molecule has 2 aliphatic rings. The number of carbonyl (C=O) groups is 1. The van der Waals surface area contributed by atoms with E-state index in [9.17, 15) is 4.79 Å². The van der Waals surface area contributed by atoms with Crippen LogP contribution < -0.4 is 0 Å². The molecule has 1 aliphatic carbocycles. The Morgan fingerprint density at radius 1 is 1.23 bits per heavy atom. The van der Waals surface area contributed by atoms with Crippen molar-refractivity contribution in [2.45, 2.75) is 32.6 Å². The highest BCUT2D eigenvalue weighted by Gasteiger charge is 2.33. The summed E-state index contributed by atoms with van der Waals surface area (Å²) in [5.74, 6) is 1.00. The predicted molar refractivity (Wildman–Crippen MR) is 48.8 cm³/mol. The van der Waals surface area contributed by atoms with Crippen LogP contribution in [-0.4, -0.2) is 24.1 Å². The number of carbonyl (C=O) groups excluding carboxylic acids is 1. The Labute approximate surface area is 79.0 Å². The first-order valence-corrected chi connectivity index (χ1v) is 5.22. The summed E-state index contributed by atoms with van der Waals surface area (Å²) in [5.41, 5.74) is 0. The zero-order chi connectivity index (χ0) is 9.26. The van der Waals surface area contributed by atoms with Gasteiger partial charge in [0.05, 0.1) is 5.92 Å². The molecule has 0 bridgehead atoms. The first-order chi connectivity index (χ1) is 6.25. The standard InChI is InChI=1S/C10H17NO2/c1-8-4-6-11(7-5-8)13-10(12)9-2-3-9/h8-9H,2-7H2,1H3. The van der Waals surface area contributed by atoms with Crippen molar-refractivity contribution in [3.8, 4) is 0 Å². The maximum Gasteiger partial charge on any atom is 0.328 e. The largest absolute Gasteiger partial charge is 0.368 e. The molecule has 1 heterocycles. The number of hydroxylamine groups is 2. The van der Waals surface area contributed by atoms with Crippen molar-refractivity contribution in [1.29, 1.82) is 0 Å². The maximum atomic E-state index is 11.3. The van der Waals surface area contributed by atoms with Crippen molar-refractivity contribution in [1.82, 2.24) is 5.06 Å². The molecule has 0 unspecified atom stereocenters. The fraction of sp³-hybridized carbons (Fsp3) is 0.900. The number of piperidine rings is 1. The van der Waals surface area contributed by atoms with Crippen molar-refractivity contribution in [3.05, 3.63) is 0 Å². The van der Waals surface area contributed by atoms with Crippen LogP contribution in [0.4, 0.5) is 0 Å². The van der Waals surface area contributed by atoms with Crippen LogP contribution in [0.25, 0.3) is 0 Å². The summed E-state index contributed by atoms with van der Waals surface area (Å²) in [6.45, 7) is 4.08. The molecular weight excluding hydrogens is 166 g/mol. The van der Waals surface area contributed by atoms with Crippen LogP contribution >= 0.6 is 0 Å². The maximum absolute atomic E-state index is 11.3. The van der Waals surface area contributed by atoms with Crippen molar-refractivity contribution in [2.75, 3.05) is 13.1 Å².